The first-order chi connectivity index (χ1) is 7.24. The highest BCUT2D eigenvalue weighted by Gasteiger charge is 2.00. The summed E-state index contributed by atoms with van der Waals surface area (Å²) < 4.78 is 13.7. The van der Waals surface area contributed by atoms with E-state index in [0.29, 0.717) is 4.47 Å². The Bertz CT molecular complexity index is 302. The van der Waals surface area contributed by atoms with Crippen molar-refractivity contribution in [1.82, 2.24) is 5.32 Å². The molecule has 0 saturated heterocycles. The van der Waals surface area contributed by atoms with Crippen molar-refractivity contribution in [3.63, 3.8) is 0 Å². The zero-order valence-electron chi connectivity index (χ0n) is 9.02. The van der Waals surface area contributed by atoms with Crippen LogP contribution in [0.4, 0.5) is 4.39 Å². The van der Waals surface area contributed by atoms with Gasteiger partial charge in [-0.2, -0.15) is 0 Å². The summed E-state index contributed by atoms with van der Waals surface area (Å²) in [5.41, 5.74) is 1.08. The summed E-state index contributed by atoms with van der Waals surface area (Å²) in [6.45, 7) is 4.17. The van der Waals surface area contributed by atoms with Gasteiger partial charge < -0.3 is 5.32 Å². The molecule has 1 aromatic rings. The fourth-order valence-corrected chi connectivity index (χ4v) is 1.70. The van der Waals surface area contributed by atoms with Gasteiger partial charge in [-0.05, 0) is 66.0 Å². The largest absolute Gasteiger partial charge is 0.317 e. The lowest BCUT2D eigenvalue weighted by molar-refractivity contribution is 0.613. The third-order valence-electron chi connectivity index (χ3n) is 2.30. The monoisotopic (exact) mass is 273 g/mol. The minimum absolute atomic E-state index is 0.167. The van der Waals surface area contributed by atoms with E-state index in [9.17, 15) is 4.39 Å². The fourth-order valence-electron chi connectivity index (χ4n) is 1.45. The van der Waals surface area contributed by atoms with Gasteiger partial charge in [-0.15, -0.1) is 0 Å². The van der Waals surface area contributed by atoms with Crippen LogP contribution in [-0.4, -0.2) is 13.1 Å². The number of hydrogen-bond donors (Lipinski definition) is 1. The van der Waals surface area contributed by atoms with Crippen molar-refractivity contribution in [2.45, 2.75) is 26.2 Å². The number of halogens is 2. The summed E-state index contributed by atoms with van der Waals surface area (Å²) in [7, 11) is 0. The molecular weight excluding hydrogens is 257 g/mol. The predicted molar refractivity (Wildman–Crippen MR) is 65.6 cm³/mol. The molecule has 0 amide bonds. The molecule has 0 heterocycles. The highest BCUT2D eigenvalue weighted by molar-refractivity contribution is 9.10. The Kier molecular flexibility index (Phi) is 5.88. The molecular formula is C12H17BrFN. The molecule has 84 valence electrons. The molecule has 3 heteroatoms. The Morgan fingerprint density at radius 3 is 2.80 bits per heavy atom. The average molecular weight is 274 g/mol. The van der Waals surface area contributed by atoms with E-state index in [1.165, 1.54) is 0 Å². The van der Waals surface area contributed by atoms with Crippen molar-refractivity contribution in [3.05, 3.63) is 34.1 Å². The van der Waals surface area contributed by atoms with Crippen molar-refractivity contribution in [1.29, 1.82) is 0 Å². The summed E-state index contributed by atoms with van der Waals surface area (Å²) in [4.78, 5) is 0. The topological polar surface area (TPSA) is 12.0 Å². The lowest BCUT2D eigenvalue weighted by Gasteiger charge is -2.03. The smallest absolute Gasteiger partial charge is 0.137 e. The second-order valence-corrected chi connectivity index (χ2v) is 4.41. The molecule has 1 nitrogen and oxygen atoms in total. The molecule has 0 aromatic heterocycles. The number of nitrogens with one attached hydrogen (secondary N) is 1. The molecule has 0 aliphatic heterocycles. The second kappa shape index (κ2) is 6.96. The SMILES string of the molecule is CCNCCCCc1ccc(Br)c(F)c1. The van der Waals surface area contributed by atoms with E-state index in [-0.39, 0.29) is 5.82 Å². The van der Waals surface area contributed by atoms with Gasteiger partial charge >= 0.3 is 0 Å². The third kappa shape index (κ3) is 4.76. The van der Waals surface area contributed by atoms with E-state index < -0.39 is 0 Å². The summed E-state index contributed by atoms with van der Waals surface area (Å²) in [5, 5.41) is 3.27. The van der Waals surface area contributed by atoms with E-state index >= 15 is 0 Å². The van der Waals surface area contributed by atoms with Gasteiger partial charge in [-0.3, -0.25) is 0 Å². The lowest BCUT2D eigenvalue weighted by atomic mass is 10.1. The second-order valence-electron chi connectivity index (χ2n) is 3.56. The van der Waals surface area contributed by atoms with E-state index in [1.807, 2.05) is 6.07 Å². The van der Waals surface area contributed by atoms with E-state index in [0.717, 1.165) is 37.9 Å². The maximum Gasteiger partial charge on any atom is 0.137 e. The van der Waals surface area contributed by atoms with Crippen LogP contribution < -0.4 is 5.32 Å². The molecule has 0 atom stereocenters. The quantitative estimate of drug-likeness (QED) is 0.783. The number of unbranched alkanes of at least 4 members (excludes halogenated alkanes) is 1. The summed E-state index contributed by atoms with van der Waals surface area (Å²) >= 11 is 3.15. The normalized spacial score (nSPS) is 10.6. The van der Waals surface area contributed by atoms with Crippen LogP contribution in [0.2, 0.25) is 0 Å². The fraction of sp³-hybridized carbons (Fsp3) is 0.500. The molecule has 15 heavy (non-hydrogen) atoms. The van der Waals surface area contributed by atoms with Gasteiger partial charge in [0.15, 0.2) is 0 Å². The van der Waals surface area contributed by atoms with Gasteiger partial charge in [-0.25, -0.2) is 4.39 Å². The van der Waals surface area contributed by atoms with Crippen molar-refractivity contribution in [3.8, 4) is 0 Å². The van der Waals surface area contributed by atoms with Crippen LogP contribution in [0.25, 0.3) is 0 Å². The molecule has 0 aliphatic rings. The van der Waals surface area contributed by atoms with Crippen molar-refractivity contribution < 1.29 is 4.39 Å². The van der Waals surface area contributed by atoms with Crippen LogP contribution >= 0.6 is 15.9 Å². The Morgan fingerprint density at radius 2 is 2.13 bits per heavy atom. The highest BCUT2D eigenvalue weighted by Crippen LogP contribution is 2.17. The van der Waals surface area contributed by atoms with Gasteiger partial charge in [-0.1, -0.05) is 13.0 Å². The van der Waals surface area contributed by atoms with Crippen molar-refractivity contribution >= 4 is 15.9 Å². The number of rotatable bonds is 6. The van der Waals surface area contributed by atoms with Crippen molar-refractivity contribution in [2.75, 3.05) is 13.1 Å². The Hall–Kier alpha value is -0.410. The first-order valence-corrected chi connectivity index (χ1v) is 6.18. The molecule has 0 spiro atoms. The number of benzene rings is 1. The Morgan fingerprint density at radius 1 is 1.33 bits per heavy atom. The Labute approximate surface area is 99.2 Å². The first kappa shape index (κ1) is 12.7. The van der Waals surface area contributed by atoms with Crippen LogP contribution in [0, 0.1) is 5.82 Å². The molecule has 0 aliphatic carbocycles. The van der Waals surface area contributed by atoms with Gasteiger partial charge in [0, 0.05) is 0 Å². The summed E-state index contributed by atoms with van der Waals surface area (Å²) in [6.07, 6.45) is 3.20. The van der Waals surface area contributed by atoms with Crippen LogP contribution in [0.3, 0.4) is 0 Å². The zero-order chi connectivity index (χ0) is 11.1. The van der Waals surface area contributed by atoms with Crippen LogP contribution in [0.15, 0.2) is 22.7 Å². The molecule has 0 saturated carbocycles. The minimum atomic E-state index is -0.167. The summed E-state index contributed by atoms with van der Waals surface area (Å²) in [6, 6.07) is 5.35. The summed E-state index contributed by atoms with van der Waals surface area (Å²) in [5.74, 6) is -0.167. The standard InChI is InChI=1S/C12H17BrFN/c1-2-15-8-4-3-5-10-6-7-11(13)12(14)9-10/h6-7,9,15H,2-5,8H2,1H3. The van der Waals surface area contributed by atoms with Gasteiger partial charge in [0.05, 0.1) is 4.47 Å². The molecule has 1 rings (SSSR count). The van der Waals surface area contributed by atoms with Crippen LogP contribution in [0.5, 0.6) is 0 Å². The number of aryl methyl sites for hydroxylation is 1. The van der Waals surface area contributed by atoms with Gasteiger partial charge in [0.2, 0.25) is 0 Å². The van der Waals surface area contributed by atoms with Gasteiger partial charge in [0.1, 0.15) is 5.82 Å². The Balaban J connectivity index is 2.28. The molecule has 0 fully saturated rings. The maximum atomic E-state index is 13.1. The molecule has 1 aromatic carbocycles. The lowest BCUT2D eigenvalue weighted by Crippen LogP contribution is -2.13. The van der Waals surface area contributed by atoms with E-state index in [4.69, 9.17) is 0 Å². The number of hydrogen-bond acceptors (Lipinski definition) is 1. The van der Waals surface area contributed by atoms with Crippen molar-refractivity contribution in [2.24, 2.45) is 0 Å². The molecule has 0 radical (unpaired) electrons. The molecule has 0 unspecified atom stereocenters. The van der Waals surface area contributed by atoms with E-state index in [2.05, 4.69) is 28.2 Å². The predicted octanol–water partition coefficient (Wildman–Crippen LogP) is 3.52. The molecule has 0 bridgehead atoms. The highest BCUT2D eigenvalue weighted by atomic mass is 79.9. The van der Waals surface area contributed by atoms with Crippen LogP contribution in [0.1, 0.15) is 25.3 Å². The minimum Gasteiger partial charge on any atom is -0.317 e. The zero-order valence-corrected chi connectivity index (χ0v) is 10.6. The third-order valence-corrected chi connectivity index (χ3v) is 2.95. The van der Waals surface area contributed by atoms with Gasteiger partial charge in [0.25, 0.3) is 0 Å². The first-order valence-electron chi connectivity index (χ1n) is 5.38. The van der Waals surface area contributed by atoms with E-state index in [1.54, 1.807) is 12.1 Å². The maximum absolute atomic E-state index is 13.1. The van der Waals surface area contributed by atoms with Crippen LogP contribution in [-0.2, 0) is 6.42 Å². The molecule has 1 N–H and O–H groups in total. The average Bonchev–Trinajstić information content (AvgIpc) is 2.23.